The number of halogens is 1. The van der Waals surface area contributed by atoms with Crippen LogP contribution in [0.2, 0.25) is 5.02 Å². The van der Waals surface area contributed by atoms with E-state index in [9.17, 15) is 4.79 Å². The molecule has 0 spiro atoms. The average Bonchev–Trinajstić information content (AvgIpc) is 3.12. The van der Waals surface area contributed by atoms with Crippen LogP contribution in [0, 0.1) is 0 Å². The van der Waals surface area contributed by atoms with Gasteiger partial charge in [-0.3, -0.25) is 0 Å². The normalized spacial score (nSPS) is 12.9. The van der Waals surface area contributed by atoms with Crippen LogP contribution in [0.4, 0.5) is 5.69 Å². The monoisotopic (exact) mass is 474 g/mol. The molecule has 0 radical (unpaired) electrons. The average molecular weight is 475 g/mol. The Hall–Kier alpha value is -2.15. The van der Waals surface area contributed by atoms with Gasteiger partial charge in [0.15, 0.2) is 5.11 Å². The molecule has 1 aromatic heterocycles. The van der Waals surface area contributed by atoms with E-state index in [1.54, 1.807) is 0 Å². The van der Waals surface area contributed by atoms with Crippen molar-refractivity contribution in [1.82, 2.24) is 5.32 Å². The van der Waals surface area contributed by atoms with E-state index in [1.165, 1.54) is 29.6 Å². The summed E-state index contributed by atoms with van der Waals surface area (Å²) in [5.41, 5.74) is 3.40. The fourth-order valence-electron chi connectivity index (χ4n) is 3.41. The Morgan fingerprint density at radius 1 is 1.13 bits per heavy atom. The molecule has 3 rings (SSSR count). The van der Waals surface area contributed by atoms with Crippen LogP contribution in [0.1, 0.15) is 66.4 Å². The Kier molecular flexibility index (Phi) is 7.92. The largest absolute Gasteiger partial charge is 0.465 e. The number of fused-ring (bicyclic) bond motifs is 1. The van der Waals surface area contributed by atoms with Crippen molar-refractivity contribution in [2.75, 3.05) is 12.4 Å². The van der Waals surface area contributed by atoms with Crippen molar-refractivity contribution in [1.29, 1.82) is 0 Å². The van der Waals surface area contributed by atoms with E-state index in [2.05, 4.69) is 55.7 Å². The molecule has 0 fully saturated rings. The van der Waals surface area contributed by atoms with Gasteiger partial charge >= 0.3 is 5.97 Å². The van der Waals surface area contributed by atoms with Crippen molar-refractivity contribution >= 4 is 62.0 Å². The van der Waals surface area contributed by atoms with Gasteiger partial charge < -0.3 is 15.4 Å². The van der Waals surface area contributed by atoms with Gasteiger partial charge in [-0.05, 0) is 60.3 Å². The van der Waals surface area contributed by atoms with Crippen LogP contribution in [0.3, 0.4) is 0 Å². The molecule has 2 atom stereocenters. The van der Waals surface area contributed by atoms with Crippen LogP contribution >= 0.6 is 35.2 Å². The molecule has 164 valence electrons. The molecule has 0 saturated carbocycles. The third-order valence-electron chi connectivity index (χ3n) is 5.49. The second kappa shape index (κ2) is 10.4. The summed E-state index contributed by atoms with van der Waals surface area (Å²) < 4.78 is 5.70. The molecule has 31 heavy (non-hydrogen) atoms. The van der Waals surface area contributed by atoms with Crippen molar-refractivity contribution in [2.24, 2.45) is 0 Å². The number of esters is 1. The minimum absolute atomic E-state index is 0.122. The molecule has 0 aliphatic rings. The van der Waals surface area contributed by atoms with Gasteiger partial charge in [0.25, 0.3) is 0 Å². The van der Waals surface area contributed by atoms with Gasteiger partial charge in [-0.1, -0.05) is 56.6 Å². The number of benzene rings is 2. The van der Waals surface area contributed by atoms with E-state index in [4.69, 9.17) is 28.6 Å². The molecule has 4 nitrogen and oxygen atoms in total. The molecule has 0 aliphatic heterocycles. The van der Waals surface area contributed by atoms with Crippen molar-refractivity contribution in [2.45, 2.75) is 45.6 Å². The highest BCUT2D eigenvalue weighted by molar-refractivity contribution is 7.80. The van der Waals surface area contributed by atoms with E-state index in [1.807, 2.05) is 18.2 Å². The van der Waals surface area contributed by atoms with Crippen molar-refractivity contribution in [3.8, 4) is 0 Å². The van der Waals surface area contributed by atoms with Crippen LogP contribution in [0.25, 0.3) is 10.1 Å². The minimum atomic E-state index is -0.428. The molecule has 0 amide bonds. The summed E-state index contributed by atoms with van der Waals surface area (Å²) in [4.78, 5) is 12.3. The van der Waals surface area contributed by atoms with E-state index in [-0.39, 0.29) is 6.04 Å². The third kappa shape index (κ3) is 5.37. The molecule has 7 heteroatoms. The van der Waals surface area contributed by atoms with E-state index in [0.717, 1.165) is 28.6 Å². The van der Waals surface area contributed by atoms with Crippen LogP contribution < -0.4 is 10.6 Å². The van der Waals surface area contributed by atoms with Gasteiger partial charge in [-0.15, -0.1) is 11.3 Å². The molecular weight excluding hydrogens is 448 g/mol. The van der Waals surface area contributed by atoms with Gasteiger partial charge in [0.05, 0.1) is 18.2 Å². The summed E-state index contributed by atoms with van der Waals surface area (Å²) in [6.45, 7) is 6.59. The summed E-state index contributed by atoms with van der Waals surface area (Å²) in [6, 6.07) is 14.6. The molecule has 2 N–H and O–H groups in total. The lowest BCUT2D eigenvalue weighted by atomic mass is 9.95. The molecule has 2 aromatic carbocycles. The molecular formula is C24H27ClN2O2S2. The number of thiocarbonyl (C=S) groups is 1. The highest BCUT2D eigenvalue weighted by atomic mass is 35.5. The fourth-order valence-corrected chi connectivity index (χ4v) is 5.13. The number of ether oxygens (including phenoxy) is 1. The number of hydrogen-bond donors (Lipinski definition) is 2. The van der Waals surface area contributed by atoms with Crippen LogP contribution in [-0.2, 0) is 4.74 Å². The second-order valence-corrected chi connectivity index (χ2v) is 9.32. The number of rotatable bonds is 7. The smallest absolute Gasteiger partial charge is 0.349 e. The summed E-state index contributed by atoms with van der Waals surface area (Å²) >= 11 is 13.2. The van der Waals surface area contributed by atoms with Crippen LogP contribution in [0.5, 0.6) is 0 Å². The maximum atomic E-state index is 11.9. The van der Waals surface area contributed by atoms with Crippen LogP contribution in [0.15, 0.2) is 42.5 Å². The van der Waals surface area contributed by atoms with E-state index < -0.39 is 5.97 Å². The second-order valence-electron chi connectivity index (χ2n) is 7.48. The Balaban J connectivity index is 1.71. The standard InChI is InChI=1S/C24H27ClN2O2S2/c1-5-14(3)15-7-9-16(10-8-15)19(6-2)27-24(30)26-17-11-12-18-20(13-17)31-22(21(18)25)23(28)29-4/h7-14,19H,5-6H2,1-4H3,(H2,26,27,30). The summed E-state index contributed by atoms with van der Waals surface area (Å²) in [7, 11) is 1.35. The first-order valence-electron chi connectivity index (χ1n) is 10.4. The molecule has 2 unspecified atom stereocenters. The van der Waals surface area contributed by atoms with Gasteiger partial charge in [0, 0.05) is 15.8 Å². The fraction of sp³-hybridized carbons (Fsp3) is 0.333. The zero-order valence-electron chi connectivity index (χ0n) is 18.1. The van der Waals surface area contributed by atoms with Crippen molar-refractivity contribution in [3.63, 3.8) is 0 Å². The predicted octanol–water partition coefficient (Wildman–Crippen LogP) is 7.29. The quantitative estimate of drug-likeness (QED) is 0.278. The van der Waals surface area contributed by atoms with Gasteiger partial charge in [-0.25, -0.2) is 4.79 Å². The molecule has 0 aliphatic carbocycles. The molecule has 1 heterocycles. The predicted molar refractivity (Wildman–Crippen MR) is 136 cm³/mol. The van der Waals surface area contributed by atoms with E-state index >= 15 is 0 Å². The number of anilines is 1. The summed E-state index contributed by atoms with van der Waals surface area (Å²) in [5, 5.41) is 8.45. The summed E-state index contributed by atoms with van der Waals surface area (Å²) in [5.74, 6) is 0.133. The number of thiophene rings is 1. The topological polar surface area (TPSA) is 50.4 Å². The van der Waals surface area contributed by atoms with Crippen molar-refractivity contribution < 1.29 is 9.53 Å². The molecule has 0 saturated heterocycles. The van der Waals surface area contributed by atoms with Gasteiger partial charge in [-0.2, -0.15) is 0 Å². The maximum Gasteiger partial charge on any atom is 0.349 e. The first-order valence-corrected chi connectivity index (χ1v) is 12.0. The Morgan fingerprint density at radius 2 is 1.81 bits per heavy atom. The Morgan fingerprint density at radius 3 is 2.42 bits per heavy atom. The molecule has 3 aromatic rings. The number of methoxy groups -OCH3 is 1. The Bertz CT molecular complexity index is 1080. The number of carbonyl (C=O) groups is 1. The van der Waals surface area contributed by atoms with E-state index in [0.29, 0.717) is 20.9 Å². The third-order valence-corrected chi connectivity index (χ3v) is 7.35. The number of carbonyl (C=O) groups excluding carboxylic acids is 1. The zero-order chi connectivity index (χ0) is 22.5. The Labute approximate surface area is 197 Å². The zero-order valence-corrected chi connectivity index (χ0v) is 20.5. The van der Waals surface area contributed by atoms with Gasteiger partial charge in [0.2, 0.25) is 0 Å². The number of hydrogen-bond acceptors (Lipinski definition) is 4. The highest BCUT2D eigenvalue weighted by Gasteiger charge is 2.18. The summed E-state index contributed by atoms with van der Waals surface area (Å²) in [6.07, 6.45) is 2.04. The highest BCUT2D eigenvalue weighted by Crippen LogP contribution is 2.37. The van der Waals surface area contributed by atoms with Gasteiger partial charge in [0.1, 0.15) is 4.88 Å². The minimum Gasteiger partial charge on any atom is -0.465 e. The van der Waals surface area contributed by atoms with Crippen molar-refractivity contribution in [3.05, 3.63) is 63.5 Å². The number of nitrogens with one attached hydrogen (secondary N) is 2. The molecule has 0 bridgehead atoms. The van der Waals surface area contributed by atoms with Crippen LogP contribution in [-0.4, -0.2) is 18.2 Å². The maximum absolute atomic E-state index is 11.9. The SMILES string of the molecule is CCC(C)c1ccc(C(CC)NC(=S)Nc2ccc3c(Cl)c(C(=O)OC)sc3c2)cc1. The first kappa shape index (κ1) is 23.5. The first-order chi connectivity index (χ1) is 14.9. The lowest BCUT2D eigenvalue weighted by molar-refractivity contribution is 0.0606. The lowest BCUT2D eigenvalue weighted by Gasteiger charge is -2.21. The lowest BCUT2D eigenvalue weighted by Crippen LogP contribution is -2.32.